The maximum Gasteiger partial charge on any atom is 0.411 e. The standard InChI is InChI=1S/C12H15ClN2O2S/c1-7(2)6-17-12(16)15-10-5-8(11(14)18)3-4-9(10)13/h3-5,7H,6H2,1-2H3,(H2,14,18)(H,15,16). The zero-order chi connectivity index (χ0) is 13.7. The first kappa shape index (κ1) is 14.7. The van der Waals surface area contributed by atoms with Gasteiger partial charge in [0.2, 0.25) is 0 Å². The van der Waals surface area contributed by atoms with E-state index in [1.54, 1.807) is 18.2 Å². The molecule has 0 aromatic heterocycles. The fourth-order valence-corrected chi connectivity index (χ4v) is 1.45. The molecule has 98 valence electrons. The van der Waals surface area contributed by atoms with Gasteiger partial charge in [0.25, 0.3) is 0 Å². The van der Waals surface area contributed by atoms with Gasteiger partial charge >= 0.3 is 6.09 Å². The SMILES string of the molecule is CC(C)COC(=O)Nc1cc(C(N)=S)ccc1Cl. The molecule has 0 saturated carbocycles. The molecule has 18 heavy (non-hydrogen) atoms. The lowest BCUT2D eigenvalue weighted by molar-refractivity contribution is 0.147. The molecule has 0 saturated heterocycles. The number of hydrogen-bond acceptors (Lipinski definition) is 3. The van der Waals surface area contributed by atoms with Crippen molar-refractivity contribution in [2.24, 2.45) is 11.7 Å². The molecule has 0 radical (unpaired) electrons. The van der Waals surface area contributed by atoms with E-state index in [0.29, 0.717) is 22.9 Å². The van der Waals surface area contributed by atoms with E-state index in [4.69, 9.17) is 34.3 Å². The maximum absolute atomic E-state index is 11.5. The van der Waals surface area contributed by atoms with Gasteiger partial charge in [-0.3, -0.25) is 5.32 Å². The van der Waals surface area contributed by atoms with E-state index in [-0.39, 0.29) is 10.9 Å². The number of anilines is 1. The zero-order valence-electron chi connectivity index (χ0n) is 10.2. The van der Waals surface area contributed by atoms with Gasteiger partial charge < -0.3 is 10.5 Å². The minimum atomic E-state index is -0.550. The van der Waals surface area contributed by atoms with Crippen LogP contribution in [0.5, 0.6) is 0 Å². The van der Waals surface area contributed by atoms with E-state index in [9.17, 15) is 4.79 Å². The lowest BCUT2D eigenvalue weighted by Gasteiger charge is -2.10. The number of nitrogens with one attached hydrogen (secondary N) is 1. The third kappa shape index (κ3) is 4.50. The normalized spacial score (nSPS) is 10.2. The van der Waals surface area contributed by atoms with Gasteiger partial charge in [-0.05, 0) is 18.1 Å². The summed E-state index contributed by atoms with van der Waals surface area (Å²) in [6.45, 7) is 4.25. The second kappa shape index (κ2) is 6.56. The number of rotatable bonds is 4. The summed E-state index contributed by atoms with van der Waals surface area (Å²) in [6.07, 6.45) is -0.550. The predicted molar refractivity (Wildman–Crippen MR) is 77.1 cm³/mol. The molecule has 0 bridgehead atoms. The van der Waals surface area contributed by atoms with E-state index in [0.717, 1.165) is 0 Å². The molecule has 0 heterocycles. The van der Waals surface area contributed by atoms with Crippen LogP contribution < -0.4 is 11.1 Å². The predicted octanol–water partition coefficient (Wildman–Crippen LogP) is 3.18. The van der Waals surface area contributed by atoms with E-state index in [2.05, 4.69) is 5.32 Å². The summed E-state index contributed by atoms with van der Waals surface area (Å²) in [5.41, 5.74) is 6.57. The van der Waals surface area contributed by atoms with Crippen LogP contribution in [0.25, 0.3) is 0 Å². The lowest BCUT2D eigenvalue weighted by Crippen LogP contribution is -2.17. The summed E-state index contributed by atoms with van der Waals surface area (Å²) in [4.78, 5) is 11.7. The van der Waals surface area contributed by atoms with Crippen molar-refractivity contribution >= 4 is 40.6 Å². The van der Waals surface area contributed by atoms with Crippen molar-refractivity contribution in [3.05, 3.63) is 28.8 Å². The second-order valence-electron chi connectivity index (χ2n) is 4.18. The van der Waals surface area contributed by atoms with E-state index in [1.807, 2.05) is 13.8 Å². The number of benzene rings is 1. The fraction of sp³-hybridized carbons (Fsp3) is 0.333. The van der Waals surface area contributed by atoms with Crippen LogP contribution in [-0.4, -0.2) is 17.7 Å². The number of nitrogens with two attached hydrogens (primary N) is 1. The van der Waals surface area contributed by atoms with Crippen LogP contribution in [0.4, 0.5) is 10.5 Å². The van der Waals surface area contributed by atoms with Gasteiger partial charge in [0.1, 0.15) is 4.99 Å². The van der Waals surface area contributed by atoms with Crippen LogP contribution in [0, 0.1) is 5.92 Å². The number of thiocarbonyl (C=S) groups is 1. The minimum absolute atomic E-state index is 0.241. The fourth-order valence-electron chi connectivity index (χ4n) is 1.16. The highest BCUT2D eigenvalue weighted by Gasteiger charge is 2.09. The van der Waals surface area contributed by atoms with Gasteiger partial charge in [0.05, 0.1) is 17.3 Å². The molecule has 3 N–H and O–H groups in total. The summed E-state index contributed by atoms with van der Waals surface area (Å²) in [6, 6.07) is 4.92. The molecule has 0 spiro atoms. The topological polar surface area (TPSA) is 64.3 Å². The quantitative estimate of drug-likeness (QED) is 0.835. The largest absolute Gasteiger partial charge is 0.449 e. The van der Waals surface area contributed by atoms with E-state index in [1.165, 1.54) is 0 Å². The Hall–Kier alpha value is -1.33. The van der Waals surface area contributed by atoms with Gasteiger partial charge in [-0.15, -0.1) is 0 Å². The van der Waals surface area contributed by atoms with Crippen molar-refractivity contribution in [2.75, 3.05) is 11.9 Å². The lowest BCUT2D eigenvalue weighted by atomic mass is 10.2. The first-order valence-corrected chi connectivity index (χ1v) is 6.22. The van der Waals surface area contributed by atoms with Crippen molar-refractivity contribution in [1.29, 1.82) is 0 Å². The molecule has 0 unspecified atom stereocenters. The van der Waals surface area contributed by atoms with Gasteiger partial charge in [0.15, 0.2) is 0 Å². The maximum atomic E-state index is 11.5. The molecule has 4 nitrogen and oxygen atoms in total. The Morgan fingerprint density at radius 2 is 2.22 bits per heavy atom. The van der Waals surface area contributed by atoms with Crippen molar-refractivity contribution in [3.63, 3.8) is 0 Å². The molecule has 0 aliphatic heterocycles. The number of carbonyl (C=O) groups excluding carboxylic acids is 1. The van der Waals surface area contributed by atoms with Crippen LogP contribution in [0.2, 0.25) is 5.02 Å². The second-order valence-corrected chi connectivity index (χ2v) is 5.02. The molecule has 1 aromatic rings. The molecule has 0 aliphatic carbocycles. The van der Waals surface area contributed by atoms with Gasteiger partial charge in [-0.25, -0.2) is 4.79 Å². The number of hydrogen-bond donors (Lipinski definition) is 2. The smallest absolute Gasteiger partial charge is 0.411 e. The van der Waals surface area contributed by atoms with E-state index < -0.39 is 6.09 Å². The molecule has 1 amide bonds. The average Bonchev–Trinajstić information content (AvgIpc) is 2.29. The minimum Gasteiger partial charge on any atom is -0.449 e. The summed E-state index contributed by atoms with van der Waals surface area (Å²) in [5, 5.41) is 2.95. The first-order valence-electron chi connectivity index (χ1n) is 5.43. The Morgan fingerprint density at radius 1 is 1.56 bits per heavy atom. The summed E-state index contributed by atoms with van der Waals surface area (Å²) in [7, 11) is 0. The highest BCUT2D eigenvalue weighted by molar-refractivity contribution is 7.80. The third-order valence-corrected chi connectivity index (χ3v) is 2.60. The van der Waals surface area contributed by atoms with Crippen LogP contribution in [0.15, 0.2) is 18.2 Å². The molecule has 6 heteroatoms. The van der Waals surface area contributed by atoms with Gasteiger partial charge in [0, 0.05) is 5.56 Å². The van der Waals surface area contributed by atoms with Crippen molar-refractivity contribution in [2.45, 2.75) is 13.8 Å². The Bertz CT molecular complexity index is 463. The van der Waals surface area contributed by atoms with Crippen molar-refractivity contribution in [3.8, 4) is 0 Å². The molecular formula is C12H15ClN2O2S. The number of amides is 1. The van der Waals surface area contributed by atoms with E-state index >= 15 is 0 Å². The number of ether oxygens (including phenoxy) is 1. The summed E-state index contributed by atoms with van der Waals surface area (Å²) in [5.74, 6) is 0.272. The molecule has 0 atom stereocenters. The van der Waals surface area contributed by atoms with Crippen LogP contribution >= 0.6 is 23.8 Å². The third-order valence-electron chi connectivity index (χ3n) is 2.04. The average molecular weight is 287 g/mol. The highest BCUT2D eigenvalue weighted by Crippen LogP contribution is 2.23. The van der Waals surface area contributed by atoms with Crippen molar-refractivity contribution < 1.29 is 9.53 Å². The molecular weight excluding hydrogens is 272 g/mol. The Labute approximate surface area is 116 Å². The monoisotopic (exact) mass is 286 g/mol. The van der Waals surface area contributed by atoms with Gasteiger partial charge in [-0.1, -0.05) is 43.7 Å². The Morgan fingerprint density at radius 3 is 2.78 bits per heavy atom. The number of halogens is 1. The Kier molecular flexibility index (Phi) is 5.37. The molecule has 0 aliphatic rings. The number of carbonyl (C=O) groups is 1. The molecule has 1 rings (SSSR count). The van der Waals surface area contributed by atoms with Crippen molar-refractivity contribution in [1.82, 2.24) is 0 Å². The van der Waals surface area contributed by atoms with Crippen LogP contribution in [-0.2, 0) is 4.74 Å². The molecule has 0 fully saturated rings. The Balaban J connectivity index is 2.74. The molecule has 1 aromatic carbocycles. The zero-order valence-corrected chi connectivity index (χ0v) is 11.8. The van der Waals surface area contributed by atoms with Crippen LogP contribution in [0.3, 0.4) is 0 Å². The first-order chi connectivity index (χ1) is 8.40. The van der Waals surface area contributed by atoms with Gasteiger partial charge in [-0.2, -0.15) is 0 Å². The summed E-state index contributed by atoms with van der Waals surface area (Å²) < 4.78 is 4.99. The summed E-state index contributed by atoms with van der Waals surface area (Å²) >= 11 is 10.8. The highest BCUT2D eigenvalue weighted by atomic mass is 35.5. The van der Waals surface area contributed by atoms with Crippen LogP contribution in [0.1, 0.15) is 19.4 Å².